The quantitative estimate of drug-likeness (QED) is 0.622. The number of nitrogens with zero attached hydrogens (tertiary/aromatic N) is 1. The van der Waals surface area contributed by atoms with E-state index in [0.29, 0.717) is 19.5 Å². The van der Waals surface area contributed by atoms with E-state index in [9.17, 15) is 4.79 Å². The number of nitrogens with two attached hydrogens (primary N) is 1. The lowest BCUT2D eigenvalue weighted by molar-refractivity contribution is -0.133. The zero-order valence-corrected chi connectivity index (χ0v) is 11.8. The maximum Gasteiger partial charge on any atom is 0.239 e. The SMILES string of the molecule is CCCCCN(CCO)C(=O)C(N)CCC.Cl. The molecule has 0 aromatic rings. The van der Waals surface area contributed by atoms with Gasteiger partial charge in [0.05, 0.1) is 12.6 Å². The van der Waals surface area contributed by atoms with Gasteiger partial charge in [-0.05, 0) is 12.8 Å². The summed E-state index contributed by atoms with van der Waals surface area (Å²) in [5.74, 6) is -0.0213. The van der Waals surface area contributed by atoms with Crippen LogP contribution in [0.15, 0.2) is 0 Å². The third kappa shape index (κ3) is 8.41. The third-order valence-electron chi connectivity index (χ3n) is 2.63. The number of unbranched alkanes of at least 4 members (excludes halogenated alkanes) is 2. The van der Waals surface area contributed by atoms with E-state index in [-0.39, 0.29) is 24.9 Å². The van der Waals surface area contributed by atoms with Gasteiger partial charge in [-0.3, -0.25) is 4.79 Å². The van der Waals surface area contributed by atoms with Crippen molar-refractivity contribution in [3.63, 3.8) is 0 Å². The maximum atomic E-state index is 11.9. The molecule has 0 aliphatic carbocycles. The van der Waals surface area contributed by atoms with Crippen molar-refractivity contribution < 1.29 is 9.90 Å². The van der Waals surface area contributed by atoms with Gasteiger partial charge in [0.1, 0.15) is 0 Å². The Morgan fingerprint density at radius 2 is 1.88 bits per heavy atom. The van der Waals surface area contributed by atoms with Crippen molar-refractivity contribution in [3.8, 4) is 0 Å². The summed E-state index contributed by atoms with van der Waals surface area (Å²) in [4.78, 5) is 13.6. The topological polar surface area (TPSA) is 66.6 Å². The minimum Gasteiger partial charge on any atom is -0.395 e. The molecule has 0 fully saturated rings. The molecule has 3 N–H and O–H groups in total. The minimum atomic E-state index is -0.404. The molecule has 104 valence electrons. The van der Waals surface area contributed by atoms with Crippen LogP contribution in [0.1, 0.15) is 46.0 Å². The van der Waals surface area contributed by atoms with Gasteiger partial charge >= 0.3 is 0 Å². The first-order chi connectivity index (χ1) is 7.67. The lowest BCUT2D eigenvalue weighted by Gasteiger charge is -2.24. The van der Waals surface area contributed by atoms with Crippen LogP contribution < -0.4 is 5.73 Å². The van der Waals surface area contributed by atoms with Crippen molar-refractivity contribution in [3.05, 3.63) is 0 Å². The van der Waals surface area contributed by atoms with Crippen LogP contribution in [0.3, 0.4) is 0 Å². The van der Waals surface area contributed by atoms with Gasteiger partial charge in [-0.2, -0.15) is 0 Å². The molecule has 0 aliphatic rings. The zero-order chi connectivity index (χ0) is 12.4. The number of hydrogen-bond donors (Lipinski definition) is 2. The fraction of sp³-hybridized carbons (Fsp3) is 0.917. The number of carbonyl (C=O) groups is 1. The van der Waals surface area contributed by atoms with Crippen LogP contribution in [0.5, 0.6) is 0 Å². The number of aliphatic hydroxyl groups excluding tert-OH is 1. The van der Waals surface area contributed by atoms with Crippen molar-refractivity contribution >= 4 is 18.3 Å². The van der Waals surface area contributed by atoms with Crippen molar-refractivity contribution in [1.29, 1.82) is 0 Å². The number of amides is 1. The van der Waals surface area contributed by atoms with Gasteiger partial charge in [0.25, 0.3) is 0 Å². The Labute approximate surface area is 111 Å². The summed E-state index contributed by atoms with van der Waals surface area (Å²) in [7, 11) is 0. The summed E-state index contributed by atoms with van der Waals surface area (Å²) in [5.41, 5.74) is 5.79. The molecule has 1 unspecified atom stereocenters. The van der Waals surface area contributed by atoms with Crippen LogP contribution in [0.25, 0.3) is 0 Å². The van der Waals surface area contributed by atoms with Crippen LogP contribution in [0.2, 0.25) is 0 Å². The van der Waals surface area contributed by atoms with E-state index < -0.39 is 6.04 Å². The molecule has 5 heteroatoms. The number of hydrogen-bond acceptors (Lipinski definition) is 3. The minimum absolute atomic E-state index is 0. The Kier molecular flexibility index (Phi) is 13.6. The van der Waals surface area contributed by atoms with E-state index in [2.05, 4.69) is 6.92 Å². The monoisotopic (exact) mass is 266 g/mol. The van der Waals surface area contributed by atoms with Crippen LogP contribution in [-0.2, 0) is 4.79 Å². The van der Waals surface area contributed by atoms with E-state index in [1.807, 2.05) is 6.92 Å². The molecule has 4 nitrogen and oxygen atoms in total. The summed E-state index contributed by atoms with van der Waals surface area (Å²) in [5, 5.41) is 8.92. The Balaban J connectivity index is 0. The Morgan fingerprint density at radius 1 is 1.24 bits per heavy atom. The normalized spacial score (nSPS) is 11.8. The van der Waals surface area contributed by atoms with Crippen LogP contribution in [-0.4, -0.2) is 41.7 Å². The lowest BCUT2D eigenvalue weighted by Crippen LogP contribution is -2.45. The smallest absolute Gasteiger partial charge is 0.239 e. The highest BCUT2D eigenvalue weighted by Crippen LogP contribution is 2.03. The van der Waals surface area contributed by atoms with Gasteiger partial charge in [-0.1, -0.05) is 33.1 Å². The van der Waals surface area contributed by atoms with Crippen molar-refractivity contribution in [1.82, 2.24) is 4.90 Å². The molecule has 0 saturated carbocycles. The molecular formula is C12H27ClN2O2. The van der Waals surface area contributed by atoms with E-state index in [1.54, 1.807) is 4.90 Å². The molecule has 0 heterocycles. The molecule has 0 aromatic heterocycles. The van der Waals surface area contributed by atoms with Gasteiger partial charge in [0.15, 0.2) is 0 Å². The van der Waals surface area contributed by atoms with Crippen LogP contribution >= 0.6 is 12.4 Å². The molecular weight excluding hydrogens is 240 g/mol. The maximum absolute atomic E-state index is 11.9. The summed E-state index contributed by atoms with van der Waals surface area (Å²) in [6, 6.07) is -0.404. The molecule has 0 radical (unpaired) electrons. The summed E-state index contributed by atoms with van der Waals surface area (Å²) in [6.07, 6.45) is 4.85. The van der Waals surface area contributed by atoms with E-state index in [4.69, 9.17) is 10.8 Å². The number of aliphatic hydroxyl groups is 1. The molecule has 0 spiro atoms. The van der Waals surface area contributed by atoms with Gasteiger partial charge in [0, 0.05) is 13.1 Å². The first-order valence-corrected chi connectivity index (χ1v) is 6.32. The number of carbonyl (C=O) groups excluding carboxylic acids is 1. The molecule has 0 bridgehead atoms. The highest BCUT2D eigenvalue weighted by atomic mass is 35.5. The second-order valence-corrected chi connectivity index (χ2v) is 4.15. The standard InChI is InChI=1S/C12H26N2O2.ClH/c1-3-5-6-8-14(9-10-15)12(16)11(13)7-4-2;/h11,15H,3-10,13H2,1-2H3;1H. The largest absolute Gasteiger partial charge is 0.395 e. The highest BCUT2D eigenvalue weighted by molar-refractivity contribution is 5.85. The zero-order valence-electron chi connectivity index (χ0n) is 11.0. The summed E-state index contributed by atoms with van der Waals surface area (Å²) < 4.78 is 0. The fourth-order valence-electron chi connectivity index (χ4n) is 1.67. The van der Waals surface area contributed by atoms with Crippen LogP contribution in [0.4, 0.5) is 0 Å². The first-order valence-electron chi connectivity index (χ1n) is 6.32. The Bertz CT molecular complexity index is 191. The lowest BCUT2D eigenvalue weighted by atomic mass is 10.1. The molecule has 17 heavy (non-hydrogen) atoms. The molecule has 0 rings (SSSR count). The number of halogens is 1. The molecule has 1 atom stereocenters. The van der Waals surface area contributed by atoms with Crippen molar-refractivity contribution in [2.75, 3.05) is 19.7 Å². The van der Waals surface area contributed by atoms with E-state index in [1.165, 1.54) is 0 Å². The predicted octanol–water partition coefficient (Wildman–Crippen LogP) is 1.55. The fourth-order valence-corrected chi connectivity index (χ4v) is 1.67. The molecule has 0 saturated heterocycles. The van der Waals surface area contributed by atoms with E-state index >= 15 is 0 Å². The second-order valence-electron chi connectivity index (χ2n) is 4.15. The third-order valence-corrected chi connectivity index (χ3v) is 2.63. The number of rotatable bonds is 9. The predicted molar refractivity (Wildman–Crippen MR) is 73.3 cm³/mol. The molecule has 0 aromatic carbocycles. The Hall–Kier alpha value is -0.320. The first kappa shape index (κ1) is 19.0. The van der Waals surface area contributed by atoms with E-state index in [0.717, 1.165) is 25.7 Å². The summed E-state index contributed by atoms with van der Waals surface area (Å²) in [6.45, 7) is 5.27. The van der Waals surface area contributed by atoms with Gasteiger partial charge in [-0.15, -0.1) is 12.4 Å². The second kappa shape index (κ2) is 12.1. The van der Waals surface area contributed by atoms with Crippen molar-refractivity contribution in [2.24, 2.45) is 5.73 Å². The van der Waals surface area contributed by atoms with Crippen molar-refractivity contribution in [2.45, 2.75) is 52.0 Å². The summed E-state index contributed by atoms with van der Waals surface area (Å²) >= 11 is 0. The van der Waals surface area contributed by atoms with Gasteiger partial charge in [-0.25, -0.2) is 0 Å². The average molecular weight is 267 g/mol. The average Bonchev–Trinajstić information content (AvgIpc) is 2.27. The Morgan fingerprint density at radius 3 is 2.35 bits per heavy atom. The molecule has 1 amide bonds. The molecule has 0 aliphatic heterocycles. The van der Waals surface area contributed by atoms with Crippen LogP contribution in [0, 0.1) is 0 Å². The van der Waals surface area contributed by atoms with Gasteiger partial charge in [0.2, 0.25) is 5.91 Å². The van der Waals surface area contributed by atoms with Gasteiger partial charge < -0.3 is 15.7 Å². The highest BCUT2D eigenvalue weighted by Gasteiger charge is 2.19.